The Balaban J connectivity index is 3.30. The normalized spacial score (nSPS) is 14.9. The van der Waals surface area contributed by atoms with Gasteiger partial charge in [-0.15, -0.1) is 0 Å². The van der Waals surface area contributed by atoms with Crippen molar-refractivity contribution in [1.82, 2.24) is 0 Å². The Hall–Kier alpha value is -1.16. The quantitative estimate of drug-likeness (QED) is 0.632. The van der Waals surface area contributed by atoms with Gasteiger partial charge < -0.3 is 10.2 Å². The molecule has 0 bridgehead atoms. The minimum absolute atomic E-state index is 0.0764. The van der Waals surface area contributed by atoms with Crippen molar-refractivity contribution in [3.63, 3.8) is 0 Å². The molecule has 0 aliphatic carbocycles. The Morgan fingerprint density at radius 1 is 1.28 bits per heavy atom. The Labute approximate surface area is 110 Å². The summed E-state index contributed by atoms with van der Waals surface area (Å²) in [5, 5.41) is 21.0. The maximum atomic E-state index is 10.6. The van der Waals surface area contributed by atoms with Gasteiger partial charge in [-0.2, -0.15) is 0 Å². The summed E-state index contributed by atoms with van der Waals surface area (Å²) in [5.74, 6) is 0. The van der Waals surface area contributed by atoms with Gasteiger partial charge in [0, 0.05) is 0 Å². The molecule has 3 heteroatoms. The third kappa shape index (κ3) is 3.42. The molecule has 0 aliphatic heterocycles. The molecule has 0 saturated carbocycles. The van der Waals surface area contributed by atoms with E-state index in [1.54, 1.807) is 6.08 Å². The first-order chi connectivity index (χ1) is 8.41. The fourth-order valence-electron chi connectivity index (χ4n) is 2.13. The van der Waals surface area contributed by atoms with Crippen molar-refractivity contribution >= 4 is 8.07 Å². The zero-order valence-electron chi connectivity index (χ0n) is 11.4. The first-order valence-electron chi connectivity index (χ1n) is 6.11. The molecule has 0 aromatic heterocycles. The monoisotopic (exact) mass is 262 g/mol. The molecule has 18 heavy (non-hydrogen) atoms. The van der Waals surface area contributed by atoms with Crippen LogP contribution in [0.5, 0.6) is 0 Å². The highest BCUT2D eigenvalue weighted by atomic mass is 28.3. The highest BCUT2D eigenvalue weighted by molar-refractivity contribution is 6.83. The summed E-state index contributed by atoms with van der Waals surface area (Å²) in [4.78, 5) is 0. The summed E-state index contributed by atoms with van der Waals surface area (Å²) in [6, 6.07) is 9.56. The van der Waals surface area contributed by atoms with E-state index in [2.05, 4.69) is 26.2 Å². The molecule has 0 spiro atoms. The van der Waals surface area contributed by atoms with Crippen LogP contribution in [0.1, 0.15) is 11.7 Å². The van der Waals surface area contributed by atoms with E-state index in [4.69, 9.17) is 0 Å². The fraction of sp³-hybridized carbons (Fsp3) is 0.333. The van der Waals surface area contributed by atoms with Crippen LogP contribution in [0.3, 0.4) is 0 Å². The molecule has 1 unspecified atom stereocenters. The van der Waals surface area contributed by atoms with Crippen LogP contribution in [-0.2, 0) is 0 Å². The van der Waals surface area contributed by atoms with Crippen LogP contribution >= 0.6 is 0 Å². The second kappa shape index (κ2) is 6.14. The lowest BCUT2D eigenvalue weighted by atomic mass is 10.1. The van der Waals surface area contributed by atoms with Gasteiger partial charge in [-0.05, 0) is 16.3 Å². The molecule has 1 atom stereocenters. The largest absolute Gasteiger partial charge is 0.392 e. The van der Waals surface area contributed by atoms with Crippen LogP contribution in [0.4, 0.5) is 0 Å². The zero-order chi connectivity index (χ0) is 13.8. The number of aliphatic hydroxyl groups excluding tert-OH is 2. The average Bonchev–Trinajstić information content (AvgIpc) is 2.34. The Kier molecular flexibility index (Phi) is 5.08. The van der Waals surface area contributed by atoms with Gasteiger partial charge in [0.25, 0.3) is 0 Å². The molecule has 1 aromatic carbocycles. The van der Waals surface area contributed by atoms with Crippen molar-refractivity contribution in [1.29, 1.82) is 0 Å². The van der Waals surface area contributed by atoms with Crippen LogP contribution in [0, 0.1) is 0 Å². The van der Waals surface area contributed by atoms with Crippen LogP contribution in [0.15, 0.2) is 53.8 Å². The summed E-state index contributed by atoms with van der Waals surface area (Å²) in [6.07, 6.45) is 0.998. The number of rotatable bonds is 5. The lowest BCUT2D eigenvalue weighted by Gasteiger charge is -2.28. The summed E-state index contributed by atoms with van der Waals surface area (Å²) < 4.78 is 0. The number of hydrogen-bond donors (Lipinski definition) is 2. The summed E-state index contributed by atoms with van der Waals surface area (Å²) in [5.41, 5.74) is 1.62. The van der Waals surface area contributed by atoms with Crippen molar-refractivity contribution in [2.75, 3.05) is 6.61 Å². The molecule has 2 N–H and O–H groups in total. The highest BCUT2D eigenvalue weighted by Gasteiger charge is 2.29. The molecule has 0 amide bonds. The first-order valence-corrected chi connectivity index (χ1v) is 9.61. The summed E-state index contributed by atoms with van der Waals surface area (Å²) in [7, 11) is -1.74. The molecule has 0 heterocycles. The first kappa shape index (κ1) is 14.9. The van der Waals surface area contributed by atoms with Crippen molar-refractivity contribution in [2.45, 2.75) is 25.7 Å². The molecule has 98 valence electrons. The van der Waals surface area contributed by atoms with E-state index in [9.17, 15) is 10.2 Å². The van der Waals surface area contributed by atoms with E-state index in [1.165, 1.54) is 0 Å². The van der Waals surface area contributed by atoms with Crippen molar-refractivity contribution in [3.05, 3.63) is 59.3 Å². The molecular formula is C15H22O2Si. The van der Waals surface area contributed by atoms with Gasteiger partial charge in [0.05, 0.1) is 20.8 Å². The molecular weight excluding hydrogens is 240 g/mol. The van der Waals surface area contributed by atoms with Crippen molar-refractivity contribution < 1.29 is 10.2 Å². The van der Waals surface area contributed by atoms with Gasteiger partial charge in [0.1, 0.15) is 0 Å². The van der Waals surface area contributed by atoms with Gasteiger partial charge >= 0.3 is 0 Å². The van der Waals surface area contributed by atoms with E-state index in [0.29, 0.717) is 0 Å². The maximum absolute atomic E-state index is 10.6. The Bertz CT molecular complexity index is 430. The Morgan fingerprint density at radius 2 is 1.83 bits per heavy atom. The van der Waals surface area contributed by atoms with Crippen molar-refractivity contribution in [2.24, 2.45) is 0 Å². The lowest BCUT2D eigenvalue weighted by molar-refractivity contribution is 0.219. The summed E-state index contributed by atoms with van der Waals surface area (Å²) in [6.45, 7) is 10.1. The third-order valence-corrected chi connectivity index (χ3v) is 5.17. The maximum Gasteiger partial charge on any atom is 0.0972 e. The van der Waals surface area contributed by atoms with Crippen LogP contribution in [0.2, 0.25) is 19.6 Å². The predicted octanol–water partition coefficient (Wildman–Crippen LogP) is 3.07. The third-order valence-electron chi connectivity index (χ3n) is 2.96. The smallest absolute Gasteiger partial charge is 0.0972 e. The molecule has 0 radical (unpaired) electrons. The van der Waals surface area contributed by atoms with E-state index in [1.807, 2.05) is 30.3 Å². The molecule has 1 aromatic rings. The van der Waals surface area contributed by atoms with Gasteiger partial charge in [-0.25, -0.2) is 0 Å². The lowest BCUT2D eigenvalue weighted by Crippen LogP contribution is -2.30. The van der Waals surface area contributed by atoms with Crippen LogP contribution in [0.25, 0.3) is 0 Å². The van der Waals surface area contributed by atoms with E-state index in [-0.39, 0.29) is 6.61 Å². The second-order valence-corrected chi connectivity index (χ2v) is 10.4. The standard InChI is InChI=1S/C15H22O2Si/c1-5-12(11-16)15(18(2,3)4)14(17)13-9-7-6-8-10-13/h5-10,14,16-17H,1,11H2,2-4H3/b15-12+. The van der Waals surface area contributed by atoms with Gasteiger partial charge in [0.15, 0.2) is 0 Å². The number of hydrogen-bond acceptors (Lipinski definition) is 2. The molecule has 0 aliphatic rings. The predicted molar refractivity (Wildman–Crippen MR) is 79.1 cm³/mol. The molecule has 0 fully saturated rings. The number of aliphatic hydroxyl groups is 2. The van der Waals surface area contributed by atoms with E-state index in [0.717, 1.165) is 16.3 Å². The van der Waals surface area contributed by atoms with Crippen molar-refractivity contribution in [3.8, 4) is 0 Å². The number of benzene rings is 1. The van der Waals surface area contributed by atoms with Gasteiger partial charge in [-0.3, -0.25) is 0 Å². The van der Waals surface area contributed by atoms with Crippen LogP contribution < -0.4 is 0 Å². The zero-order valence-corrected chi connectivity index (χ0v) is 12.4. The minimum Gasteiger partial charge on any atom is -0.392 e. The average molecular weight is 262 g/mol. The van der Waals surface area contributed by atoms with Gasteiger partial charge in [0.2, 0.25) is 0 Å². The molecule has 0 saturated heterocycles. The SMILES string of the molecule is C=C/C(CO)=C(/C(O)c1ccccc1)[Si](C)(C)C. The molecule has 2 nitrogen and oxygen atoms in total. The molecule has 1 rings (SSSR count). The minimum atomic E-state index is -1.74. The topological polar surface area (TPSA) is 40.5 Å². The van der Waals surface area contributed by atoms with Gasteiger partial charge in [-0.1, -0.05) is 62.6 Å². The Morgan fingerprint density at radius 3 is 2.22 bits per heavy atom. The second-order valence-electron chi connectivity index (χ2n) is 5.36. The van der Waals surface area contributed by atoms with E-state index >= 15 is 0 Å². The fourth-order valence-corrected chi connectivity index (χ4v) is 4.26. The summed E-state index contributed by atoms with van der Waals surface area (Å²) >= 11 is 0. The van der Waals surface area contributed by atoms with Crippen LogP contribution in [-0.4, -0.2) is 24.9 Å². The highest BCUT2D eigenvalue weighted by Crippen LogP contribution is 2.32. The van der Waals surface area contributed by atoms with E-state index < -0.39 is 14.2 Å².